The summed E-state index contributed by atoms with van der Waals surface area (Å²) in [7, 11) is -2.17. The number of nitrogens with zero attached hydrogens (tertiary/aromatic N) is 5. The monoisotopic (exact) mass is 447 g/mol. The van der Waals surface area contributed by atoms with Crippen LogP contribution in [0.1, 0.15) is 12.6 Å². The molecule has 7 nitrogen and oxygen atoms in total. The molecule has 4 aromatic heterocycles. The Morgan fingerprint density at radius 1 is 1.06 bits per heavy atom. The van der Waals surface area contributed by atoms with Gasteiger partial charge in [0.15, 0.2) is 15.7 Å². The van der Waals surface area contributed by atoms with Gasteiger partial charge in [0.1, 0.15) is 11.4 Å². The number of aryl methyl sites for hydroxylation is 1. The summed E-state index contributed by atoms with van der Waals surface area (Å²) in [5.41, 5.74) is 0.362. The van der Waals surface area contributed by atoms with Gasteiger partial charge in [-0.3, -0.25) is 9.97 Å². The molecule has 0 atom stereocenters. The van der Waals surface area contributed by atoms with Crippen molar-refractivity contribution in [1.29, 1.82) is 0 Å². The van der Waals surface area contributed by atoms with Crippen LogP contribution in [-0.4, -0.2) is 38.7 Å². The molecular weight excluding hydrogens is 431 g/mol. The molecule has 0 N–H and O–H groups in total. The molecule has 4 aromatic rings. The van der Waals surface area contributed by atoms with E-state index in [1.165, 1.54) is 23.8 Å². The molecular formula is C20H16F3N5O2S. The average molecular weight is 447 g/mol. The number of hydrogen-bond acceptors (Lipinski definition) is 6. The van der Waals surface area contributed by atoms with E-state index in [4.69, 9.17) is 0 Å². The van der Waals surface area contributed by atoms with Crippen molar-refractivity contribution >= 4 is 20.9 Å². The fourth-order valence-electron chi connectivity index (χ4n) is 3.13. The van der Waals surface area contributed by atoms with Gasteiger partial charge in [0.05, 0.1) is 33.6 Å². The quantitative estimate of drug-likeness (QED) is 0.471. The van der Waals surface area contributed by atoms with E-state index in [2.05, 4.69) is 19.9 Å². The van der Waals surface area contributed by atoms with E-state index < -0.39 is 21.7 Å². The van der Waals surface area contributed by atoms with E-state index in [-0.39, 0.29) is 27.7 Å². The second-order valence-electron chi connectivity index (χ2n) is 6.74. The average Bonchev–Trinajstić information content (AvgIpc) is 3.09. The molecule has 0 bridgehead atoms. The highest BCUT2D eigenvalue weighted by molar-refractivity contribution is 7.91. The van der Waals surface area contributed by atoms with Crippen LogP contribution in [-0.2, 0) is 23.1 Å². The van der Waals surface area contributed by atoms with Crippen LogP contribution in [0, 0.1) is 0 Å². The van der Waals surface area contributed by atoms with Gasteiger partial charge in [0, 0.05) is 25.0 Å². The lowest BCUT2D eigenvalue weighted by Gasteiger charge is -2.11. The summed E-state index contributed by atoms with van der Waals surface area (Å²) in [4.78, 5) is 16.2. The van der Waals surface area contributed by atoms with Crippen LogP contribution in [0.2, 0.25) is 0 Å². The van der Waals surface area contributed by atoms with Crippen LogP contribution < -0.4 is 0 Å². The van der Waals surface area contributed by atoms with Crippen LogP contribution in [0.4, 0.5) is 13.2 Å². The highest BCUT2D eigenvalue weighted by Gasteiger charge is 2.33. The van der Waals surface area contributed by atoms with E-state index >= 15 is 0 Å². The topological polar surface area (TPSA) is 90.6 Å². The molecule has 160 valence electrons. The third-order valence-corrected chi connectivity index (χ3v) is 6.54. The van der Waals surface area contributed by atoms with Crippen LogP contribution in [0.25, 0.3) is 33.8 Å². The Morgan fingerprint density at radius 3 is 2.48 bits per heavy atom. The van der Waals surface area contributed by atoms with Gasteiger partial charge in [-0.15, -0.1) is 0 Å². The molecule has 0 aromatic carbocycles. The highest BCUT2D eigenvalue weighted by atomic mass is 32.2. The van der Waals surface area contributed by atoms with Gasteiger partial charge >= 0.3 is 6.18 Å². The minimum absolute atomic E-state index is 0.0373. The van der Waals surface area contributed by atoms with Crippen molar-refractivity contribution in [1.82, 2.24) is 24.5 Å². The van der Waals surface area contributed by atoms with E-state index in [1.807, 2.05) is 0 Å². The zero-order chi connectivity index (χ0) is 22.4. The first-order valence-electron chi connectivity index (χ1n) is 9.16. The van der Waals surface area contributed by atoms with Gasteiger partial charge < -0.3 is 4.57 Å². The number of alkyl halides is 3. The maximum Gasteiger partial charge on any atom is 0.433 e. The molecule has 4 heterocycles. The molecule has 0 radical (unpaired) electrons. The van der Waals surface area contributed by atoms with Gasteiger partial charge in [-0.25, -0.2) is 18.4 Å². The van der Waals surface area contributed by atoms with Crippen molar-refractivity contribution in [2.75, 3.05) is 5.75 Å². The fraction of sp³-hybridized carbons (Fsp3) is 0.200. The Labute approximate surface area is 175 Å². The second kappa shape index (κ2) is 7.41. The molecule has 0 aliphatic rings. The first-order chi connectivity index (χ1) is 14.6. The summed E-state index contributed by atoms with van der Waals surface area (Å²) < 4.78 is 66.2. The molecule has 31 heavy (non-hydrogen) atoms. The summed E-state index contributed by atoms with van der Waals surface area (Å²) >= 11 is 0. The molecule has 0 aliphatic carbocycles. The number of halogens is 3. The zero-order valence-corrected chi connectivity index (χ0v) is 17.2. The second-order valence-corrected chi connectivity index (χ2v) is 8.99. The first kappa shape index (κ1) is 20.9. The largest absolute Gasteiger partial charge is 0.433 e. The summed E-state index contributed by atoms with van der Waals surface area (Å²) in [5.74, 6) is -0.0624. The Hall–Kier alpha value is -3.34. The van der Waals surface area contributed by atoms with Crippen molar-refractivity contribution in [3.8, 4) is 22.8 Å². The van der Waals surface area contributed by atoms with Crippen molar-refractivity contribution in [2.24, 2.45) is 7.05 Å². The molecule has 0 unspecified atom stereocenters. The van der Waals surface area contributed by atoms with E-state index in [0.29, 0.717) is 16.8 Å². The molecule has 0 amide bonds. The Balaban J connectivity index is 1.95. The van der Waals surface area contributed by atoms with Crippen LogP contribution in [0.5, 0.6) is 0 Å². The minimum atomic E-state index is -4.62. The lowest BCUT2D eigenvalue weighted by atomic mass is 10.2. The van der Waals surface area contributed by atoms with Crippen LogP contribution in [0.3, 0.4) is 0 Å². The smallest absolute Gasteiger partial charge is 0.324 e. The summed E-state index contributed by atoms with van der Waals surface area (Å²) in [5, 5.41) is 0. The minimum Gasteiger partial charge on any atom is -0.324 e. The van der Waals surface area contributed by atoms with E-state index in [0.717, 1.165) is 12.3 Å². The molecule has 0 fully saturated rings. The van der Waals surface area contributed by atoms with Crippen molar-refractivity contribution in [3.05, 3.63) is 54.6 Å². The van der Waals surface area contributed by atoms with Crippen LogP contribution in [0.15, 0.2) is 53.8 Å². The summed E-state index contributed by atoms with van der Waals surface area (Å²) in [6.07, 6.45) is -0.519. The Bertz CT molecular complexity index is 1380. The number of aromatic nitrogens is 5. The number of rotatable bonds is 4. The third kappa shape index (κ3) is 3.76. The lowest BCUT2D eigenvalue weighted by Crippen LogP contribution is -2.09. The van der Waals surface area contributed by atoms with Crippen molar-refractivity contribution in [2.45, 2.75) is 18.0 Å². The normalized spacial score (nSPS) is 12.4. The van der Waals surface area contributed by atoms with Crippen molar-refractivity contribution < 1.29 is 21.6 Å². The maximum atomic E-state index is 13.0. The number of imidazole rings is 1. The summed E-state index contributed by atoms with van der Waals surface area (Å²) in [6.45, 7) is 1.50. The van der Waals surface area contributed by atoms with Gasteiger partial charge in [-0.05, 0) is 24.3 Å². The van der Waals surface area contributed by atoms with Crippen molar-refractivity contribution in [3.63, 3.8) is 0 Å². The zero-order valence-electron chi connectivity index (χ0n) is 16.4. The molecule has 4 rings (SSSR count). The third-order valence-electron chi connectivity index (χ3n) is 4.80. The van der Waals surface area contributed by atoms with Crippen LogP contribution >= 0.6 is 0 Å². The summed E-state index contributed by atoms with van der Waals surface area (Å²) in [6, 6.07) is 7.51. The number of pyridine rings is 3. The molecule has 0 spiro atoms. The first-order valence-corrected chi connectivity index (χ1v) is 10.8. The molecule has 0 saturated carbocycles. The number of fused-ring (bicyclic) bond motifs is 1. The Kier molecular flexibility index (Phi) is 5.00. The van der Waals surface area contributed by atoms with Gasteiger partial charge in [0.2, 0.25) is 0 Å². The van der Waals surface area contributed by atoms with E-state index in [1.54, 1.807) is 31.4 Å². The van der Waals surface area contributed by atoms with Gasteiger partial charge in [-0.1, -0.05) is 13.0 Å². The standard InChI is InChI=1S/C20H16F3N5O2S/c1-3-31(29,30)16-8-12(13-6-4-5-7-24-13)10-26-18(16)19-27-14-9-17(20(21,22)23)25-11-15(14)28(19)2/h4-11H,3H2,1-2H3. The van der Waals surface area contributed by atoms with E-state index in [9.17, 15) is 21.6 Å². The molecule has 0 aliphatic heterocycles. The van der Waals surface area contributed by atoms with Gasteiger partial charge in [0.25, 0.3) is 0 Å². The fourth-order valence-corrected chi connectivity index (χ4v) is 4.19. The Morgan fingerprint density at radius 2 is 1.84 bits per heavy atom. The SMILES string of the molecule is CCS(=O)(=O)c1cc(-c2ccccn2)cnc1-c1nc2cc(C(F)(F)F)ncc2n1C. The lowest BCUT2D eigenvalue weighted by molar-refractivity contribution is -0.141. The highest BCUT2D eigenvalue weighted by Crippen LogP contribution is 2.33. The predicted molar refractivity (Wildman–Crippen MR) is 108 cm³/mol. The maximum absolute atomic E-state index is 13.0. The molecule has 11 heteroatoms. The number of sulfone groups is 1. The van der Waals surface area contributed by atoms with Gasteiger partial charge in [-0.2, -0.15) is 13.2 Å². The molecule has 0 saturated heterocycles. The number of hydrogen-bond donors (Lipinski definition) is 0. The predicted octanol–water partition coefficient (Wildman–Crippen LogP) is 3.90.